The van der Waals surface area contributed by atoms with Gasteiger partial charge in [-0.05, 0) is 57.9 Å². The normalized spacial score (nSPS) is 12.2. The van der Waals surface area contributed by atoms with Gasteiger partial charge in [0.25, 0.3) is 0 Å². The summed E-state index contributed by atoms with van der Waals surface area (Å²) in [4.78, 5) is 25.5. The average Bonchev–Trinajstić information content (AvgIpc) is 2.78. The van der Waals surface area contributed by atoms with Crippen LogP contribution in [-0.2, 0) is 14.3 Å². The first-order chi connectivity index (χ1) is 15.5. The molecule has 0 rings (SSSR count). The number of hydrogen-bond donors (Lipinski definition) is 1. The number of unbranched alkanes of at least 4 members (excludes halogenated alkanes) is 13. The maximum absolute atomic E-state index is 12.4. The molecule has 0 aliphatic heterocycles. The Bertz CT molecular complexity index is 480. The van der Waals surface area contributed by atoms with Gasteiger partial charge in [-0.25, -0.2) is 4.79 Å². The molecule has 0 unspecified atom stereocenters. The van der Waals surface area contributed by atoms with Gasteiger partial charge in [-0.15, -0.1) is 0 Å². The molecule has 0 saturated carbocycles. The summed E-state index contributed by atoms with van der Waals surface area (Å²) >= 11 is 0. The van der Waals surface area contributed by atoms with Gasteiger partial charge in [-0.3, -0.25) is 4.79 Å². The van der Waals surface area contributed by atoms with Gasteiger partial charge in [0.05, 0.1) is 6.61 Å². The van der Waals surface area contributed by atoms with Crippen molar-refractivity contribution in [3.8, 4) is 0 Å². The summed E-state index contributed by atoms with van der Waals surface area (Å²) < 4.78 is 5.45. The number of nitrogens with zero attached hydrogens (tertiary/aromatic N) is 1. The molecule has 0 heterocycles. The van der Waals surface area contributed by atoms with Gasteiger partial charge >= 0.3 is 5.97 Å². The van der Waals surface area contributed by atoms with Crippen LogP contribution in [0.1, 0.15) is 123 Å². The first-order valence-electron chi connectivity index (χ1n) is 13.3. The van der Waals surface area contributed by atoms with Crippen molar-refractivity contribution < 1.29 is 14.3 Å². The largest absolute Gasteiger partial charge is 0.464 e. The first kappa shape index (κ1) is 30.6. The maximum atomic E-state index is 12.4. The number of ether oxygens (including phenoxy) is 1. The molecular weight excluding hydrogens is 400 g/mol. The number of esters is 1. The highest BCUT2D eigenvalue weighted by Crippen LogP contribution is 2.12. The van der Waals surface area contributed by atoms with E-state index < -0.39 is 6.04 Å². The lowest BCUT2D eigenvalue weighted by Crippen LogP contribution is -2.42. The minimum Gasteiger partial charge on any atom is -0.464 e. The van der Waals surface area contributed by atoms with Crippen molar-refractivity contribution in [2.75, 3.05) is 20.2 Å². The van der Waals surface area contributed by atoms with Gasteiger partial charge in [-0.2, -0.15) is 0 Å². The van der Waals surface area contributed by atoms with Gasteiger partial charge in [0.15, 0.2) is 0 Å². The van der Waals surface area contributed by atoms with E-state index in [0.29, 0.717) is 19.6 Å². The number of likely N-dealkylation sites (N-methyl/N-ethyl adjacent to an activating group) is 1. The number of allylic oxidation sites excluding steroid dienone is 2. The number of nitrogens with two attached hydrogens (primary N) is 1. The second-order valence-corrected chi connectivity index (χ2v) is 9.04. The van der Waals surface area contributed by atoms with Crippen LogP contribution in [0.2, 0.25) is 0 Å². The third kappa shape index (κ3) is 18.2. The third-order valence-corrected chi connectivity index (χ3v) is 6.07. The van der Waals surface area contributed by atoms with Crippen molar-refractivity contribution in [1.82, 2.24) is 4.90 Å². The van der Waals surface area contributed by atoms with Crippen LogP contribution >= 0.6 is 0 Å². The fraction of sp³-hybridized carbons (Fsp3) is 0.852. The van der Waals surface area contributed by atoms with Gasteiger partial charge in [-0.1, -0.05) is 76.9 Å². The molecule has 0 aliphatic rings. The summed E-state index contributed by atoms with van der Waals surface area (Å²) in [5, 5.41) is 0. The van der Waals surface area contributed by atoms with Crippen molar-refractivity contribution in [3.63, 3.8) is 0 Å². The van der Waals surface area contributed by atoms with Gasteiger partial charge < -0.3 is 15.4 Å². The SMILES string of the molecule is CCCCCCCC/C=C\CCCCCCCCOC(=O)[C@H](CCCCN)N(C)C(C)=O. The van der Waals surface area contributed by atoms with Crippen LogP contribution in [-0.4, -0.2) is 43.0 Å². The zero-order valence-corrected chi connectivity index (χ0v) is 21.4. The van der Waals surface area contributed by atoms with Crippen molar-refractivity contribution in [2.24, 2.45) is 5.73 Å². The summed E-state index contributed by atoms with van der Waals surface area (Å²) in [5.41, 5.74) is 5.53. The molecule has 0 aliphatic carbocycles. The molecule has 0 radical (unpaired) electrons. The van der Waals surface area contributed by atoms with Crippen LogP contribution in [0, 0.1) is 0 Å². The molecule has 1 amide bonds. The molecule has 1 atom stereocenters. The summed E-state index contributed by atoms with van der Waals surface area (Å²) in [6.07, 6.45) is 24.6. The lowest BCUT2D eigenvalue weighted by atomic mass is 10.1. The zero-order chi connectivity index (χ0) is 23.9. The van der Waals surface area contributed by atoms with E-state index in [1.165, 1.54) is 88.9 Å². The van der Waals surface area contributed by atoms with Crippen LogP contribution in [0.25, 0.3) is 0 Å². The Morgan fingerprint density at radius 3 is 1.88 bits per heavy atom. The average molecular weight is 453 g/mol. The fourth-order valence-electron chi connectivity index (χ4n) is 3.79. The Kier molecular flexibility index (Phi) is 21.9. The van der Waals surface area contributed by atoms with E-state index in [1.807, 2.05) is 0 Å². The van der Waals surface area contributed by atoms with Gasteiger partial charge in [0.2, 0.25) is 5.91 Å². The number of carbonyl (C=O) groups excluding carboxylic acids is 2. The lowest BCUT2D eigenvalue weighted by molar-refractivity contribution is -0.154. The number of rotatable bonds is 22. The third-order valence-electron chi connectivity index (χ3n) is 6.07. The Balaban J connectivity index is 3.65. The Hall–Kier alpha value is -1.36. The van der Waals surface area contributed by atoms with E-state index in [4.69, 9.17) is 10.5 Å². The molecule has 0 saturated heterocycles. The van der Waals surface area contributed by atoms with Crippen molar-refractivity contribution >= 4 is 11.9 Å². The summed E-state index contributed by atoms with van der Waals surface area (Å²) in [6.45, 7) is 4.79. The minimum absolute atomic E-state index is 0.114. The molecule has 0 bridgehead atoms. The summed E-state index contributed by atoms with van der Waals surface area (Å²) in [7, 11) is 1.67. The Labute approximate surface area is 198 Å². The maximum Gasteiger partial charge on any atom is 0.328 e. The highest BCUT2D eigenvalue weighted by molar-refractivity contribution is 5.83. The molecule has 5 nitrogen and oxygen atoms in total. The van der Waals surface area contributed by atoms with Crippen LogP contribution < -0.4 is 5.73 Å². The van der Waals surface area contributed by atoms with Crippen LogP contribution in [0.15, 0.2) is 12.2 Å². The predicted molar refractivity (Wildman–Crippen MR) is 136 cm³/mol. The van der Waals surface area contributed by atoms with E-state index in [2.05, 4.69) is 19.1 Å². The first-order valence-corrected chi connectivity index (χ1v) is 13.3. The molecular formula is C27H52N2O3. The van der Waals surface area contributed by atoms with E-state index in [0.717, 1.165) is 25.7 Å². The van der Waals surface area contributed by atoms with Crippen molar-refractivity contribution in [1.29, 1.82) is 0 Å². The quantitative estimate of drug-likeness (QED) is 0.115. The lowest BCUT2D eigenvalue weighted by Gasteiger charge is -2.25. The van der Waals surface area contributed by atoms with Crippen LogP contribution in [0.4, 0.5) is 0 Å². The fourth-order valence-corrected chi connectivity index (χ4v) is 3.79. The van der Waals surface area contributed by atoms with Crippen LogP contribution in [0.3, 0.4) is 0 Å². The topological polar surface area (TPSA) is 72.6 Å². The monoisotopic (exact) mass is 452 g/mol. The van der Waals surface area contributed by atoms with E-state index >= 15 is 0 Å². The van der Waals surface area contributed by atoms with Gasteiger partial charge in [0, 0.05) is 14.0 Å². The standard InChI is InChI=1S/C27H52N2O3/c1-4-5-6-7-8-9-10-11-12-13-14-15-16-17-18-21-24-32-27(31)26(22-19-20-23-28)29(3)25(2)30/h11-12,26H,4-10,13-24,28H2,1-3H3/b12-11-/t26-/m0/s1. The van der Waals surface area contributed by atoms with Crippen molar-refractivity contribution in [2.45, 2.75) is 129 Å². The molecule has 0 fully saturated rings. The second kappa shape index (κ2) is 22.8. The number of amides is 1. The smallest absolute Gasteiger partial charge is 0.328 e. The molecule has 0 aromatic carbocycles. The number of carbonyl (C=O) groups is 2. The minimum atomic E-state index is -0.492. The van der Waals surface area contributed by atoms with E-state index in [-0.39, 0.29) is 11.9 Å². The van der Waals surface area contributed by atoms with E-state index in [1.54, 1.807) is 7.05 Å². The highest BCUT2D eigenvalue weighted by Gasteiger charge is 2.25. The zero-order valence-electron chi connectivity index (χ0n) is 21.4. The molecule has 0 aromatic heterocycles. The molecule has 0 spiro atoms. The van der Waals surface area contributed by atoms with E-state index in [9.17, 15) is 9.59 Å². The molecule has 188 valence electrons. The highest BCUT2D eigenvalue weighted by atomic mass is 16.5. The molecule has 32 heavy (non-hydrogen) atoms. The Morgan fingerprint density at radius 1 is 0.812 bits per heavy atom. The van der Waals surface area contributed by atoms with Crippen LogP contribution in [0.5, 0.6) is 0 Å². The number of hydrogen-bond acceptors (Lipinski definition) is 4. The summed E-state index contributed by atoms with van der Waals surface area (Å²) in [6, 6.07) is -0.492. The molecule has 2 N–H and O–H groups in total. The predicted octanol–water partition coefficient (Wildman–Crippen LogP) is 6.54. The van der Waals surface area contributed by atoms with Gasteiger partial charge in [0.1, 0.15) is 6.04 Å². The Morgan fingerprint density at radius 2 is 1.34 bits per heavy atom. The molecule has 5 heteroatoms. The summed E-state index contributed by atoms with van der Waals surface area (Å²) in [5.74, 6) is -0.399. The van der Waals surface area contributed by atoms with Crippen molar-refractivity contribution in [3.05, 3.63) is 12.2 Å². The molecule has 0 aromatic rings. The second-order valence-electron chi connectivity index (χ2n) is 9.04.